The Labute approximate surface area is 75.2 Å². The standard InChI is InChI=1S/C2H4O2.CH5N3.Na/c1-2(3)4;2-1(3)4;/h1H3,(H,3,4);(H5,2,3,4);. The number of carboxylic acid groups (broad SMARTS) is 1. The zero-order chi connectivity index (χ0) is 7.15. The van der Waals surface area contributed by atoms with Crippen molar-refractivity contribution in [3.05, 3.63) is 0 Å². The summed E-state index contributed by atoms with van der Waals surface area (Å²) in [5.41, 5.74) is 8.94. The predicted molar refractivity (Wildman–Crippen MR) is 35.2 cm³/mol. The summed E-state index contributed by atoms with van der Waals surface area (Å²) in [6, 6.07) is 0. The fourth-order valence-corrected chi connectivity index (χ4v) is 0. The first-order valence-corrected chi connectivity index (χ1v) is 1.76. The summed E-state index contributed by atoms with van der Waals surface area (Å²) >= 11 is 0. The molecule has 0 spiro atoms. The van der Waals surface area contributed by atoms with Crippen LogP contribution in [0.4, 0.5) is 0 Å². The predicted octanol–water partition coefficient (Wildman–Crippen LogP) is -1.45. The summed E-state index contributed by atoms with van der Waals surface area (Å²) in [5.74, 6) is -1.17. The third-order valence-corrected chi connectivity index (χ3v) is 0. The van der Waals surface area contributed by atoms with E-state index in [1.807, 2.05) is 0 Å². The quantitative estimate of drug-likeness (QED) is 0.188. The van der Waals surface area contributed by atoms with Crippen molar-refractivity contribution in [2.24, 2.45) is 11.5 Å². The van der Waals surface area contributed by atoms with Gasteiger partial charge in [0.2, 0.25) is 0 Å². The van der Waals surface area contributed by atoms with Crippen molar-refractivity contribution in [3.63, 3.8) is 0 Å². The van der Waals surface area contributed by atoms with Gasteiger partial charge in [0.25, 0.3) is 5.97 Å². The molecule has 0 unspecified atom stereocenters. The third-order valence-electron chi connectivity index (χ3n) is 0. The van der Waals surface area contributed by atoms with Crippen LogP contribution in [-0.2, 0) is 4.79 Å². The Morgan fingerprint density at radius 1 is 1.56 bits per heavy atom. The first-order valence-electron chi connectivity index (χ1n) is 1.76. The molecule has 49 valence electrons. The minimum atomic E-state index is -0.833. The second kappa shape index (κ2) is 10.7. The monoisotopic (exact) mass is 142 g/mol. The van der Waals surface area contributed by atoms with Gasteiger partial charge in [0.05, 0.1) is 0 Å². The molecule has 0 fully saturated rings. The van der Waals surface area contributed by atoms with E-state index in [9.17, 15) is 0 Å². The minimum absolute atomic E-state index is 0. The van der Waals surface area contributed by atoms with E-state index in [1.54, 1.807) is 0 Å². The Kier molecular flexibility index (Phi) is 18.8. The summed E-state index contributed by atoms with van der Waals surface area (Å²) in [5, 5.41) is 13.5. The number of hydrogen-bond acceptors (Lipinski definition) is 2. The van der Waals surface area contributed by atoms with Crippen molar-refractivity contribution in [3.8, 4) is 0 Å². The summed E-state index contributed by atoms with van der Waals surface area (Å²) in [4.78, 5) is 9.00. The molecule has 0 aromatic carbocycles. The van der Waals surface area contributed by atoms with E-state index in [1.165, 1.54) is 0 Å². The molecule has 0 aromatic heterocycles. The molecule has 0 aliphatic heterocycles. The number of hydrogen-bond donors (Lipinski definition) is 4. The van der Waals surface area contributed by atoms with Gasteiger partial charge >= 0.3 is 0 Å². The van der Waals surface area contributed by atoms with Crippen molar-refractivity contribution in [1.82, 2.24) is 0 Å². The number of nitrogens with two attached hydrogens (primary N) is 2. The second-order valence-corrected chi connectivity index (χ2v) is 0.974. The Bertz CT molecular complexity index is 75.1. The maximum atomic E-state index is 9.00. The van der Waals surface area contributed by atoms with Crippen LogP contribution >= 0.6 is 0 Å². The molecule has 0 bridgehead atoms. The van der Waals surface area contributed by atoms with Gasteiger partial charge in [0.1, 0.15) is 0 Å². The number of carboxylic acids is 1. The molecule has 0 aliphatic carbocycles. The minimum Gasteiger partial charge on any atom is -0.481 e. The van der Waals surface area contributed by atoms with E-state index in [2.05, 4.69) is 11.5 Å². The van der Waals surface area contributed by atoms with E-state index in [0.29, 0.717) is 0 Å². The van der Waals surface area contributed by atoms with E-state index >= 15 is 0 Å². The fraction of sp³-hybridized carbons (Fsp3) is 0.333. The summed E-state index contributed by atoms with van der Waals surface area (Å²) in [6.07, 6.45) is 0. The third kappa shape index (κ3) is 3770. The van der Waals surface area contributed by atoms with Crippen LogP contribution in [0.1, 0.15) is 6.92 Å². The summed E-state index contributed by atoms with van der Waals surface area (Å²) < 4.78 is 0. The molecule has 0 aliphatic rings. The Balaban J connectivity index is -0.0000000720. The maximum Gasteiger partial charge on any atom is 0.300 e. The van der Waals surface area contributed by atoms with Crippen LogP contribution in [0.5, 0.6) is 0 Å². The van der Waals surface area contributed by atoms with E-state index in [0.717, 1.165) is 6.92 Å². The number of carbonyl (C=O) groups is 1. The smallest absolute Gasteiger partial charge is 0.300 e. The summed E-state index contributed by atoms with van der Waals surface area (Å²) in [6.45, 7) is 1.08. The maximum absolute atomic E-state index is 9.00. The molecule has 9 heavy (non-hydrogen) atoms. The topological polar surface area (TPSA) is 113 Å². The molecular weight excluding hydrogens is 133 g/mol. The molecule has 0 rings (SSSR count). The molecule has 0 heterocycles. The largest absolute Gasteiger partial charge is 0.481 e. The second-order valence-electron chi connectivity index (χ2n) is 0.974. The van der Waals surface area contributed by atoms with Crippen molar-refractivity contribution >= 4 is 41.5 Å². The van der Waals surface area contributed by atoms with Gasteiger partial charge in [-0.15, -0.1) is 0 Å². The van der Waals surface area contributed by atoms with Gasteiger partial charge in [-0.2, -0.15) is 0 Å². The molecule has 0 saturated heterocycles. The normalized spacial score (nSPS) is 5.44. The number of guanidine groups is 1. The van der Waals surface area contributed by atoms with Crippen molar-refractivity contribution < 1.29 is 9.90 Å². The van der Waals surface area contributed by atoms with Gasteiger partial charge in [-0.25, -0.2) is 0 Å². The first kappa shape index (κ1) is 15.9. The zero-order valence-electron chi connectivity index (χ0n) is 5.51. The van der Waals surface area contributed by atoms with Crippen molar-refractivity contribution in [1.29, 1.82) is 5.41 Å². The van der Waals surface area contributed by atoms with Crippen LogP contribution in [0, 0.1) is 5.41 Å². The SMILES string of the molecule is CC(=O)O.N=C(N)N.[Na]. The van der Waals surface area contributed by atoms with Gasteiger partial charge in [-0.05, 0) is 0 Å². The number of nitrogens with one attached hydrogen (secondary N) is 1. The molecule has 0 atom stereocenters. The average Bonchev–Trinajstić information content (AvgIpc) is 1.25. The molecule has 0 amide bonds. The molecule has 6 heteroatoms. The van der Waals surface area contributed by atoms with E-state index in [4.69, 9.17) is 15.3 Å². The number of aliphatic carboxylic acids is 1. The molecule has 5 nitrogen and oxygen atoms in total. The van der Waals surface area contributed by atoms with Gasteiger partial charge < -0.3 is 16.6 Å². The molecule has 1 radical (unpaired) electrons. The Morgan fingerprint density at radius 3 is 1.56 bits per heavy atom. The van der Waals surface area contributed by atoms with E-state index < -0.39 is 5.97 Å². The van der Waals surface area contributed by atoms with Crippen LogP contribution in [0.25, 0.3) is 0 Å². The van der Waals surface area contributed by atoms with Crippen molar-refractivity contribution in [2.45, 2.75) is 6.92 Å². The van der Waals surface area contributed by atoms with Crippen LogP contribution in [0.15, 0.2) is 0 Å². The fourth-order valence-electron chi connectivity index (χ4n) is 0. The zero-order valence-corrected chi connectivity index (χ0v) is 7.51. The Hall–Kier alpha value is -0.260. The molecule has 6 N–H and O–H groups in total. The molecular formula is C3H9N3NaO2. The van der Waals surface area contributed by atoms with Crippen LogP contribution < -0.4 is 11.5 Å². The van der Waals surface area contributed by atoms with Crippen molar-refractivity contribution in [2.75, 3.05) is 0 Å². The summed E-state index contributed by atoms with van der Waals surface area (Å²) in [7, 11) is 0. The van der Waals surface area contributed by atoms with E-state index in [-0.39, 0.29) is 35.5 Å². The van der Waals surface area contributed by atoms with Crippen LogP contribution in [-0.4, -0.2) is 46.6 Å². The van der Waals surface area contributed by atoms with Gasteiger partial charge in [-0.3, -0.25) is 10.2 Å². The van der Waals surface area contributed by atoms with Crippen LogP contribution in [0.2, 0.25) is 0 Å². The van der Waals surface area contributed by atoms with Crippen LogP contribution in [0.3, 0.4) is 0 Å². The molecule has 0 saturated carbocycles. The average molecular weight is 142 g/mol. The molecule has 0 aromatic rings. The van der Waals surface area contributed by atoms with Gasteiger partial charge in [0, 0.05) is 36.5 Å². The number of rotatable bonds is 0. The Morgan fingerprint density at radius 2 is 1.56 bits per heavy atom. The van der Waals surface area contributed by atoms with Gasteiger partial charge in [0.15, 0.2) is 5.96 Å². The first-order chi connectivity index (χ1) is 3.46. The van der Waals surface area contributed by atoms with Gasteiger partial charge in [-0.1, -0.05) is 0 Å².